The highest BCUT2D eigenvalue weighted by molar-refractivity contribution is 7.99. The van der Waals surface area contributed by atoms with E-state index in [1.54, 1.807) is 23.5 Å². The Morgan fingerprint density at radius 2 is 1.95 bits per heavy atom. The standard InChI is InChI=1S/C15H23NOS2/c1-11(2)16(15(17)12(3)18-4)10-13-7-6-8-14(9-13)19-5/h6-9,11-12H,10H2,1-5H3. The van der Waals surface area contributed by atoms with Crippen molar-refractivity contribution in [2.45, 2.75) is 43.5 Å². The van der Waals surface area contributed by atoms with Gasteiger partial charge in [0.2, 0.25) is 5.91 Å². The lowest BCUT2D eigenvalue weighted by atomic mass is 10.1. The van der Waals surface area contributed by atoms with Crippen molar-refractivity contribution >= 4 is 29.4 Å². The summed E-state index contributed by atoms with van der Waals surface area (Å²) in [6.45, 7) is 6.81. The van der Waals surface area contributed by atoms with Gasteiger partial charge < -0.3 is 4.90 Å². The predicted molar refractivity (Wildman–Crippen MR) is 86.9 cm³/mol. The lowest BCUT2D eigenvalue weighted by Gasteiger charge is -2.29. The summed E-state index contributed by atoms with van der Waals surface area (Å²) in [5, 5.41) is 0.0196. The molecule has 0 fully saturated rings. The second-order valence-corrected chi connectivity index (χ2v) is 6.85. The number of hydrogen-bond donors (Lipinski definition) is 0. The molecule has 0 saturated carbocycles. The van der Waals surface area contributed by atoms with E-state index in [-0.39, 0.29) is 17.2 Å². The molecule has 106 valence electrons. The fourth-order valence-corrected chi connectivity index (χ4v) is 2.64. The Bertz CT molecular complexity index is 420. The fourth-order valence-electron chi connectivity index (χ4n) is 1.82. The quantitative estimate of drug-likeness (QED) is 0.743. The number of thioether (sulfide) groups is 2. The van der Waals surface area contributed by atoms with E-state index in [1.807, 2.05) is 18.1 Å². The molecular formula is C15H23NOS2. The van der Waals surface area contributed by atoms with Crippen LogP contribution in [-0.4, -0.2) is 34.6 Å². The van der Waals surface area contributed by atoms with Gasteiger partial charge in [-0.15, -0.1) is 11.8 Å². The summed E-state index contributed by atoms with van der Waals surface area (Å²) in [6, 6.07) is 8.63. The molecule has 1 amide bonds. The van der Waals surface area contributed by atoms with E-state index < -0.39 is 0 Å². The average molecular weight is 297 g/mol. The van der Waals surface area contributed by atoms with E-state index in [9.17, 15) is 4.79 Å². The van der Waals surface area contributed by atoms with Crippen LogP contribution in [0.3, 0.4) is 0 Å². The van der Waals surface area contributed by atoms with E-state index in [1.165, 1.54) is 10.5 Å². The lowest BCUT2D eigenvalue weighted by Crippen LogP contribution is -2.40. The first-order chi connectivity index (χ1) is 8.99. The van der Waals surface area contributed by atoms with Crippen LogP contribution in [0.5, 0.6) is 0 Å². The molecule has 0 bridgehead atoms. The van der Waals surface area contributed by atoms with Gasteiger partial charge in [-0.25, -0.2) is 0 Å². The molecule has 0 aliphatic heterocycles. The van der Waals surface area contributed by atoms with Crippen LogP contribution in [0, 0.1) is 0 Å². The van der Waals surface area contributed by atoms with Crippen LogP contribution in [0.2, 0.25) is 0 Å². The molecule has 1 aromatic carbocycles. The Morgan fingerprint density at radius 1 is 1.26 bits per heavy atom. The maximum Gasteiger partial charge on any atom is 0.235 e. The van der Waals surface area contributed by atoms with Gasteiger partial charge in [0.1, 0.15) is 0 Å². The Morgan fingerprint density at radius 3 is 2.47 bits per heavy atom. The van der Waals surface area contributed by atoms with Gasteiger partial charge in [0.25, 0.3) is 0 Å². The van der Waals surface area contributed by atoms with Crippen LogP contribution < -0.4 is 0 Å². The number of rotatable bonds is 6. The van der Waals surface area contributed by atoms with Crippen molar-refractivity contribution < 1.29 is 4.79 Å². The summed E-state index contributed by atoms with van der Waals surface area (Å²) < 4.78 is 0. The van der Waals surface area contributed by atoms with Gasteiger partial charge in [-0.05, 0) is 51.0 Å². The van der Waals surface area contributed by atoms with Crippen LogP contribution in [0.15, 0.2) is 29.2 Å². The molecule has 2 nitrogen and oxygen atoms in total. The third-order valence-corrected chi connectivity index (χ3v) is 4.73. The summed E-state index contributed by atoms with van der Waals surface area (Å²) in [4.78, 5) is 15.6. The van der Waals surface area contributed by atoms with Gasteiger partial charge >= 0.3 is 0 Å². The maximum absolute atomic E-state index is 12.4. The molecule has 0 saturated heterocycles. The van der Waals surface area contributed by atoms with Gasteiger partial charge in [-0.2, -0.15) is 11.8 Å². The van der Waals surface area contributed by atoms with Crippen LogP contribution in [0.4, 0.5) is 0 Å². The van der Waals surface area contributed by atoms with Crippen molar-refractivity contribution in [2.24, 2.45) is 0 Å². The molecule has 0 N–H and O–H groups in total. The van der Waals surface area contributed by atoms with E-state index >= 15 is 0 Å². The largest absolute Gasteiger partial charge is 0.335 e. The minimum Gasteiger partial charge on any atom is -0.335 e. The van der Waals surface area contributed by atoms with E-state index in [0.717, 1.165) is 0 Å². The Labute approximate surface area is 125 Å². The number of nitrogens with zero attached hydrogens (tertiary/aromatic N) is 1. The van der Waals surface area contributed by atoms with Gasteiger partial charge in [-0.1, -0.05) is 12.1 Å². The molecule has 1 atom stereocenters. The van der Waals surface area contributed by atoms with E-state index in [2.05, 4.69) is 44.4 Å². The molecule has 1 rings (SSSR count). The molecule has 0 spiro atoms. The summed E-state index contributed by atoms with van der Waals surface area (Å²) in [7, 11) is 0. The SMILES string of the molecule is CSc1cccc(CN(C(=O)C(C)SC)C(C)C)c1. The molecular weight excluding hydrogens is 274 g/mol. The zero-order valence-corrected chi connectivity index (χ0v) is 14.0. The lowest BCUT2D eigenvalue weighted by molar-refractivity contribution is -0.132. The van der Waals surface area contributed by atoms with Crippen molar-refractivity contribution in [3.05, 3.63) is 29.8 Å². The fraction of sp³-hybridized carbons (Fsp3) is 0.533. The minimum atomic E-state index is 0.0196. The first kappa shape index (κ1) is 16.4. The summed E-state index contributed by atoms with van der Waals surface area (Å²) in [6.07, 6.45) is 4.05. The van der Waals surface area contributed by atoms with Crippen molar-refractivity contribution in [3.8, 4) is 0 Å². The van der Waals surface area contributed by atoms with Crippen LogP contribution >= 0.6 is 23.5 Å². The van der Waals surface area contributed by atoms with E-state index in [4.69, 9.17) is 0 Å². The maximum atomic E-state index is 12.4. The van der Waals surface area contributed by atoms with E-state index in [0.29, 0.717) is 6.54 Å². The molecule has 0 aliphatic rings. The molecule has 0 radical (unpaired) electrons. The second-order valence-electron chi connectivity index (χ2n) is 4.79. The van der Waals surface area contributed by atoms with Gasteiger partial charge in [0.15, 0.2) is 0 Å². The highest BCUT2D eigenvalue weighted by Gasteiger charge is 2.22. The number of amides is 1. The topological polar surface area (TPSA) is 20.3 Å². The predicted octanol–water partition coefficient (Wildman–Crippen LogP) is 3.90. The molecule has 0 aliphatic carbocycles. The highest BCUT2D eigenvalue weighted by Crippen LogP contribution is 2.19. The Balaban J connectivity index is 2.86. The third kappa shape index (κ3) is 4.77. The molecule has 4 heteroatoms. The zero-order valence-electron chi connectivity index (χ0n) is 12.3. The Kier molecular flexibility index (Phi) is 6.80. The summed E-state index contributed by atoms with van der Waals surface area (Å²) in [5.41, 5.74) is 1.20. The highest BCUT2D eigenvalue weighted by atomic mass is 32.2. The molecule has 19 heavy (non-hydrogen) atoms. The molecule has 0 heterocycles. The molecule has 1 unspecified atom stereocenters. The average Bonchev–Trinajstić information content (AvgIpc) is 2.43. The van der Waals surface area contributed by atoms with Crippen molar-refractivity contribution in [1.29, 1.82) is 0 Å². The first-order valence-electron chi connectivity index (χ1n) is 6.45. The van der Waals surface area contributed by atoms with Gasteiger partial charge in [0.05, 0.1) is 5.25 Å². The Hall–Kier alpha value is -0.610. The summed E-state index contributed by atoms with van der Waals surface area (Å²) in [5.74, 6) is 0.219. The van der Waals surface area contributed by atoms with Crippen molar-refractivity contribution in [3.63, 3.8) is 0 Å². The smallest absolute Gasteiger partial charge is 0.235 e. The minimum absolute atomic E-state index is 0.0196. The molecule has 0 aromatic heterocycles. The monoisotopic (exact) mass is 297 g/mol. The van der Waals surface area contributed by atoms with Crippen LogP contribution in [0.25, 0.3) is 0 Å². The number of hydrogen-bond acceptors (Lipinski definition) is 3. The normalized spacial score (nSPS) is 12.5. The van der Waals surface area contributed by atoms with Crippen LogP contribution in [-0.2, 0) is 11.3 Å². The zero-order chi connectivity index (χ0) is 14.4. The van der Waals surface area contributed by atoms with Crippen LogP contribution in [0.1, 0.15) is 26.3 Å². The van der Waals surface area contributed by atoms with Crippen molar-refractivity contribution in [1.82, 2.24) is 4.90 Å². The second kappa shape index (κ2) is 7.85. The van der Waals surface area contributed by atoms with Gasteiger partial charge in [-0.3, -0.25) is 4.79 Å². The number of benzene rings is 1. The number of carbonyl (C=O) groups excluding carboxylic acids is 1. The third-order valence-electron chi connectivity index (χ3n) is 3.09. The van der Waals surface area contributed by atoms with Gasteiger partial charge in [0, 0.05) is 17.5 Å². The number of carbonyl (C=O) groups is 1. The first-order valence-corrected chi connectivity index (χ1v) is 8.97. The van der Waals surface area contributed by atoms with Crippen molar-refractivity contribution in [2.75, 3.05) is 12.5 Å². The summed E-state index contributed by atoms with van der Waals surface area (Å²) >= 11 is 3.33. The molecule has 1 aromatic rings.